The SMILES string of the molecule is Cc1cc(C(=O)Nc2cc(F)ccc2SCC(F)F)nn1C. The number of aromatic nitrogens is 2. The average molecular weight is 329 g/mol. The number of halogens is 3. The number of hydrogen-bond acceptors (Lipinski definition) is 3. The van der Waals surface area contributed by atoms with Crippen LogP contribution < -0.4 is 5.32 Å². The molecule has 1 aromatic heterocycles. The molecule has 0 radical (unpaired) electrons. The molecule has 1 heterocycles. The molecule has 0 saturated heterocycles. The van der Waals surface area contributed by atoms with Crippen molar-refractivity contribution in [3.63, 3.8) is 0 Å². The van der Waals surface area contributed by atoms with Crippen molar-refractivity contribution in [2.45, 2.75) is 18.2 Å². The molecule has 0 unspecified atom stereocenters. The van der Waals surface area contributed by atoms with E-state index in [-0.39, 0.29) is 11.4 Å². The monoisotopic (exact) mass is 329 g/mol. The van der Waals surface area contributed by atoms with E-state index in [9.17, 15) is 18.0 Å². The van der Waals surface area contributed by atoms with Gasteiger partial charge >= 0.3 is 0 Å². The molecule has 0 saturated carbocycles. The van der Waals surface area contributed by atoms with Gasteiger partial charge in [-0.05, 0) is 31.2 Å². The summed E-state index contributed by atoms with van der Waals surface area (Å²) >= 11 is 0.852. The van der Waals surface area contributed by atoms with Gasteiger partial charge in [0, 0.05) is 17.6 Å². The fourth-order valence-corrected chi connectivity index (χ4v) is 2.47. The fourth-order valence-electron chi connectivity index (χ4n) is 1.74. The summed E-state index contributed by atoms with van der Waals surface area (Å²) in [7, 11) is 1.69. The number of alkyl halides is 2. The Hall–Kier alpha value is -1.96. The van der Waals surface area contributed by atoms with E-state index in [1.54, 1.807) is 20.0 Å². The summed E-state index contributed by atoms with van der Waals surface area (Å²) in [5.74, 6) is -1.51. The third-order valence-corrected chi connectivity index (χ3v) is 3.99. The Morgan fingerprint density at radius 2 is 2.14 bits per heavy atom. The quantitative estimate of drug-likeness (QED) is 0.855. The molecule has 0 aliphatic rings. The zero-order valence-electron chi connectivity index (χ0n) is 11.9. The van der Waals surface area contributed by atoms with Crippen molar-refractivity contribution in [3.05, 3.63) is 41.5 Å². The van der Waals surface area contributed by atoms with Crippen molar-refractivity contribution in [2.24, 2.45) is 7.05 Å². The van der Waals surface area contributed by atoms with Gasteiger partial charge in [-0.15, -0.1) is 11.8 Å². The van der Waals surface area contributed by atoms with Gasteiger partial charge in [0.05, 0.1) is 11.4 Å². The molecule has 0 spiro atoms. The molecular weight excluding hydrogens is 315 g/mol. The number of carbonyl (C=O) groups is 1. The third-order valence-electron chi connectivity index (χ3n) is 2.90. The van der Waals surface area contributed by atoms with E-state index in [1.807, 2.05) is 0 Å². The predicted octanol–water partition coefficient (Wildman–Crippen LogP) is 3.48. The number of thioether (sulfide) groups is 1. The summed E-state index contributed by atoms with van der Waals surface area (Å²) in [5.41, 5.74) is 1.12. The average Bonchev–Trinajstić information content (AvgIpc) is 2.78. The number of nitrogens with one attached hydrogen (secondary N) is 1. The number of hydrogen-bond donors (Lipinski definition) is 1. The standard InChI is InChI=1S/C14H14F3N3OS/c1-8-5-11(19-20(8)2)14(21)18-10-6-9(15)3-4-12(10)22-7-13(16)17/h3-6,13H,7H2,1-2H3,(H,18,21). The number of rotatable bonds is 5. The topological polar surface area (TPSA) is 46.9 Å². The third kappa shape index (κ3) is 4.03. The minimum Gasteiger partial charge on any atom is -0.319 e. The number of anilines is 1. The van der Waals surface area contributed by atoms with E-state index < -0.39 is 23.9 Å². The fraction of sp³-hybridized carbons (Fsp3) is 0.286. The lowest BCUT2D eigenvalue weighted by Crippen LogP contribution is -2.14. The van der Waals surface area contributed by atoms with Crippen LogP contribution in [0.4, 0.5) is 18.9 Å². The zero-order valence-corrected chi connectivity index (χ0v) is 12.8. The van der Waals surface area contributed by atoms with E-state index in [4.69, 9.17) is 0 Å². The molecular formula is C14H14F3N3OS. The van der Waals surface area contributed by atoms with Gasteiger partial charge in [-0.3, -0.25) is 9.48 Å². The Morgan fingerprint density at radius 1 is 1.41 bits per heavy atom. The van der Waals surface area contributed by atoms with Crippen LogP contribution in [-0.4, -0.2) is 27.9 Å². The number of benzene rings is 1. The van der Waals surface area contributed by atoms with Crippen molar-refractivity contribution in [1.82, 2.24) is 9.78 Å². The molecule has 4 nitrogen and oxygen atoms in total. The second kappa shape index (κ2) is 6.87. The molecule has 8 heteroatoms. The van der Waals surface area contributed by atoms with Crippen LogP contribution in [0.2, 0.25) is 0 Å². The number of aryl methyl sites for hydroxylation is 2. The first-order chi connectivity index (χ1) is 10.4. The molecule has 1 aromatic carbocycles. The van der Waals surface area contributed by atoms with Crippen molar-refractivity contribution in [2.75, 3.05) is 11.1 Å². The second-order valence-electron chi connectivity index (χ2n) is 4.59. The van der Waals surface area contributed by atoms with Crippen LogP contribution in [0.15, 0.2) is 29.2 Å². The van der Waals surface area contributed by atoms with Crippen LogP contribution in [0.25, 0.3) is 0 Å². The Balaban J connectivity index is 2.20. The summed E-state index contributed by atoms with van der Waals surface area (Å²) in [6.45, 7) is 1.79. The molecule has 0 atom stereocenters. The van der Waals surface area contributed by atoms with E-state index in [0.29, 0.717) is 4.90 Å². The Morgan fingerprint density at radius 3 is 2.73 bits per heavy atom. The number of amides is 1. The molecule has 1 amide bonds. The Bertz CT molecular complexity index is 668. The maximum absolute atomic E-state index is 13.3. The van der Waals surface area contributed by atoms with Gasteiger partial charge in [-0.2, -0.15) is 5.10 Å². The van der Waals surface area contributed by atoms with Crippen LogP contribution in [0, 0.1) is 12.7 Å². The number of carbonyl (C=O) groups excluding carboxylic acids is 1. The van der Waals surface area contributed by atoms with Gasteiger partial charge < -0.3 is 5.32 Å². The van der Waals surface area contributed by atoms with Crippen molar-refractivity contribution in [1.29, 1.82) is 0 Å². The van der Waals surface area contributed by atoms with Crippen LogP contribution in [0.1, 0.15) is 16.2 Å². The molecule has 2 rings (SSSR count). The van der Waals surface area contributed by atoms with Crippen molar-refractivity contribution >= 4 is 23.4 Å². The normalized spacial score (nSPS) is 11.0. The molecule has 1 N–H and O–H groups in total. The first-order valence-electron chi connectivity index (χ1n) is 6.39. The second-order valence-corrected chi connectivity index (χ2v) is 5.65. The molecule has 22 heavy (non-hydrogen) atoms. The van der Waals surface area contributed by atoms with Crippen LogP contribution in [-0.2, 0) is 7.05 Å². The first-order valence-corrected chi connectivity index (χ1v) is 7.38. The summed E-state index contributed by atoms with van der Waals surface area (Å²) in [6, 6.07) is 5.21. The number of nitrogens with zero attached hydrogens (tertiary/aromatic N) is 2. The molecule has 0 aliphatic heterocycles. The molecule has 118 valence electrons. The first kappa shape index (κ1) is 16.4. The summed E-state index contributed by atoms with van der Waals surface area (Å²) in [5, 5.41) is 6.53. The molecule has 0 fully saturated rings. The molecule has 0 bridgehead atoms. The highest BCUT2D eigenvalue weighted by molar-refractivity contribution is 7.99. The van der Waals surface area contributed by atoms with Crippen LogP contribution in [0.5, 0.6) is 0 Å². The highest BCUT2D eigenvalue weighted by Gasteiger charge is 2.15. The van der Waals surface area contributed by atoms with Gasteiger partial charge in [0.25, 0.3) is 5.91 Å². The lowest BCUT2D eigenvalue weighted by molar-refractivity contribution is 0.102. The van der Waals surface area contributed by atoms with E-state index >= 15 is 0 Å². The maximum atomic E-state index is 13.3. The lowest BCUT2D eigenvalue weighted by Gasteiger charge is -2.10. The van der Waals surface area contributed by atoms with E-state index in [2.05, 4.69) is 10.4 Å². The Kier molecular flexibility index (Phi) is 5.12. The van der Waals surface area contributed by atoms with Crippen molar-refractivity contribution in [3.8, 4) is 0 Å². The van der Waals surface area contributed by atoms with Gasteiger partial charge in [0.1, 0.15) is 5.82 Å². The largest absolute Gasteiger partial charge is 0.319 e. The lowest BCUT2D eigenvalue weighted by atomic mass is 10.3. The molecule has 0 aliphatic carbocycles. The van der Waals surface area contributed by atoms with Crippen LogP contribution >= 0.6 is 11.8 Å². The van der Waals surface area contributed by atoms with Gasteiger partial charge in [0.15, 0.2) is 5.69 Å². The summed E-state index contributed by atoms with van der Waals surface area (Å²) in [4.78, 5) is 12.5. The minimum atomic E-state index is -2.49. The summed E-state index contributed by atoms with van der Waals surface area (Å²) < 4.78 is 39.5. The smallest absolute Gasteiger partial charge is 0.276 e. The summed E-state index contributed by atoms with van der Waals surface area (Å²) in [6.07, 6.45) is -2.49. The van der Waals surface area contributed by atoms with Gasteiger partial charge in [-0.25, -0.2) is 13.2 Å². The van der Waals surface area contributed by atoms with Crippen molar-refractivity contribution < 1.29 is 18.0 Å². The highest BCUT2D eigenvalue weighted by atomic mass is 32.2. The Labute approximate surface area is 129 Å². The predicted molar refractivity (Wildman–Crippen MR) is 79.0 cm³/mol. The van der Waals surface area contributed by atoms with Crippen LogP contribution in [0.3, 0.4) is 0 Å². The van der Waals surface area contributed by atoms with Gasteiger partial charge in [0.2, 0.25) is 6.43 Å². The molecule has 2 aromatic rings. The van der Waals surface area contributed by atoms with E-state index in [0.717, 1.165) is 29.6 Å². The minimum absolute atomic E-state index is 0.152. The zero-order chi connectivity index (χ0) is 16.3. The van der Waals surface area contributed by atoms with E-state index in [1.165, 1.54) is 10.7 Å². The van der Waals surface area contributed by atoms with Gasteiger partial charge in [-0.1, -0.05) is 0 Å². The maximum Gasteiger partial charge on any atom is 0.276 e. The highest BCUT2D eigenvalue weighted by Crippen LogP contribution is 2.29.